The number of rotatable bonds is 13. The smallest absolute Gasteiger partial charge is 0.168 e. The highest BCUT2D eigenvalue weighted by atomic mass is 127. The second kappa shape index (κ2) is 13.4. The lowest BCUT2D eigenvalue weighted by Crippen LogP contribution is -2.38. The lowest BCUT2D eigenvalue weighted by atomic mass is 9.98. The normalized spacial score (nSPS) is 18.0. The molecule has 0 bridgehead atoms. The number of nitrogens with one attached hydrogen (secondary N) is 2. The lowest BCUT2D eigenvalue weighted by molar-refractivity contribution is 0.0948. The number of nitrogens with zero attached hydrogens (tertiary/aromatic N) is 2. The maximum absolute atomic E-state index is 13.5. The van der Waals surface area contributed by atoms with Crippen molar-refractivity contribution in [3.05, 3.63) is 88.9 Å². The molecule has 2 aromatic carbocycles. The van der Waals surface area contributed by atoms with Crippen LogP contribution in [0.1, 0.15) is 40.5 Å². The van der Waals surface area contributed by atoms with E-state index >= 15 is 0 Å². The average Bonchev–Trinajstić information content (AvgIpc) is 3.73. The highest BCUT2D eigenvalue weighted by Gasteiger charge is 2.49. The van der Waals surface area contributed by atoms with Crippen molar-refractivity contribution in [2.24, 2.45) is 11.8 Å². The fourth-order valence-corrected chi connectivity index (χ4v) is 5.80. The minimum atomic E-state index is -0.645. The van der Waals surface area contributed by atoms with Crippen LogP contribution >= 0.6 is 22.6 Å². The van der Waals surface area contributed by atoms with Gasteiger partial charge < -0.3 is 10.4 Å². The molecule has 3 aromatic rings. The fourth-order valence-electron chi connectivity index (χ4n) is 4.75. The number of pyridine rings is 1. The molecule has 0 spiro atoms. The number of aromatic nitrogens is 1. The first-order valence-electron chi connectivity index (χ1n) is 13.0. The van der Waals surface area contributed by atoms with Gasteiger partial charge in [-0.05, 0) is 67.7 Å². The van der Waals surface area contributed by atoms with Crippen LogP contribution in [0.5, 0.6) is 0 Å². The number of carbonyl (C=O) groups is 1. The number of hydrogen-bond donors (Lipinski definition) is 3. The van der Waals surface area contributed by atoms with Gasteiger partial charge in [0.05, 0.1) is 26.9 Å². The van der Waals surface area contributed by atoms with Crippen molar-refractivity contribution in [3.8, 4) is 17.3 Å². The van der Waals surface area contributed by atoms with Gasteiger partial charge in [-0.3, -0.25) is 15.1 Å². The summed E-state index contributed by atoms with van der Waals surface area (Å²) in [6, 6.07) is 19.8. The zero-order valence-corrected chi connectivity index (χ0v) is 23.5. The van der Waals surface area contributed by atoms with E-state index in [-0.39, 0.29) is 27.4 Å². The van der Waals surface area contributed by atoms with Crippen LogP contribution in [0, 0.1) is 29.0 Å². The minimum absolute atomic E-state index is 0.0517. The van der Waals surface area contributed by atoms with Crippen molar-refractivity contribution in [2.75, 3.05) is 19.6 Å². The summed E-state index contributed by atoms with van der Waals surface area (Å²) in [6.07, 6.45) is 1.34. The number of halogens is 2. The van der Waals surface area contributed by atoms with Crippen LogP contribution in [-0.4, -0.2) is 45.7 Å². The van der Waals surface area contributed by atoms with Crippen molar-refractivity contribution >= 4 is 28.4 Å². The quantitative estimate of drug-likeness (QED) is 0.0839. The van der Waals surface area contributed by atoms with E-state index in [9.17, 15) is 19.6 Å². The number of benzene rings is 2. The van der Waals surface area contributed by atoms with Gasteiger partial charge in [0.15, 0.2) is 5.78 Å². The van der Waals surface area contributed by atoms with Crippen LogP contribution in [0.4, 0.5) is 4.39 Å². The summed E-state index contributed by atoms with van der Waals surface area (Å²) in [6.45, 7) is 3.89. The first-order valence-corrected chi connectivity index (χ1v) is 14.2. The summed E-state index contributed by atoms with van der Waals surface area (Å²) in [4.78, 5) is 18.4. The summed E-state index contributed by atoms with van der Waals surface area (Å²) >= 11 is 2.23. The SMILES string of the molecule is CCNC(O)C(I)C1CC1C(=O)c1ccc(-c2ccccc2C#N)nc1CCNCCc1cccc(F)c1. The maximum Gasteiger partial charge on any atom is 0.168 e. The van der Waals surface area contributed by atoms with Gasteiger partial charge in [-0.15, -0.1) is 0 Å². The Morgan fingerprint density at radius 1 is 1.18 bits per heavy atom. The molecule has 6 nitrogen and oxygen atoms in total. The van der Waals surface area contributed by atoms with Crippen molar-refractivity contribution in [1.82, 2.24) is 15.6 Å². The molecule has 4 unspecified atom stereocenters. The molecule has 0 saturated heterocycles. The molecule has 1 aromatic heterocycles. The number of hydrogen-bond acceptors (Lipinski definition) is 6. The van der Waals surface area contributed by atoms with E-state index in [0.29, 0.717) is 55.0 Å². The maximum atomic E-state index is 13.5. The average molecular weight is 627 g/mol. The molecule has 1 aliphatic carbocycles. The number of aliphatic hydroxyl groups is 1. The molecule has 8 heteroatoms. The van der Waals surface area contributed by atoms with Gasteiger partial charge in [0, 0.05) is 30.0 Å². The third-order valence-corrected chi connectivity index (χ3v) is 8.49. The van der Waals surface area contributed by atoms with E-state index in [1.807, 2.05) is 43.3 Å². The molecule has 0 aliphatic heterocycles. The summed E-state index contributed by atoms with van der Waals surface area (Å²) in [5.41, 5.74) is 4.15. The minimum Gasteiger partial charge on any atom is -0.377 e. The fraction of sp³-hybridized carbons (Fsp3) is 0.367. The molecule has 38 heavy (non-hydrogen) atoms. The third kappa shape index (κ3) is 7.03. The molecule has 0 radical (unpaired) electrons. The first kappa shape index (κ1) is 28.3. The molecule has 0 amide bonds. The van der Waals surface area contributed by atoms with Crippen LogP contribution in [0.2, 0.25) is 0 Å². The standard InChI is InChI=1S/C30H32FIN4O2/c1-2-35-30(38)28(32)24-17-25(24)29(37)23-10-11-26(22-9-4-3-7-20(22)18-33)36-27(23)13-15-34-14-12-19-6-5-8-21(31)16-19/h3-11,16,24-25,28,30,34-35,38H,2,12-15,17H2,1H3. The highest BCUT2D eigenvalue weighted by molar-refractivity contribution is 14.1. The molecule has 1 aliphatic rings. The second-order valence-electron chi connectivity index (χ2n) is 9.55. The Balaban J connectivity index is 1.49. The van der Waals surface area contributed by atoms with E-state index in [4.69, 9.17) is 4.98 Å². The van der Waals surface area contributed by atoms with Gasteiger partial charge in [-0.25, -0.2) is 4.39 Å². The van der Waals surface area contributed by atoms with Crippen LogP contribution in [-0.2, 0) is 12.8 Å². The lowest BCUT2D eigenvalue weighted by Gasteiger charge is -2.18. The van der Waals surface area contributed by atoms with Crippen molar-refractivity contribution < 1.29 is 14.3 Å². The number of carbonyl (C=O) groups excluding carboxylic acids is 1. The number of nitriles is 1. The number of Topliss-reactive ketones (excluding diaryl/α,β-unsaturated/α-hetero) is 1. The molecule has 1 heterocycles. The van der Waals surface area contributed by atoms with E-state index < -0.39 is 6.23 Å². The van der Waals surface area contributed by atoms with Gasteiger partial charge in [-0.2, -0.15) is 5.26 Å². The Hall–Kier alpha value is -2.71. The van der Waals surface area contributed by atoms with Crippen LogP contribution in [0.3, 0.4) is 0 Å². The van der Waals surface area contributed by atoms with Crippen molar-refractivity contribution in [3.63, 3.8) is 0 Å². The van der Waals surface area contributed by atoms with E-state index in [1.165, 1.54) is 12.1 Å². The van der Waals surface area contributed by atoms with Gasteiger partial charge in [0.25, 0.3) is 0 Å². The molecule has 4 rings (SSSR count). The van der Waals surface area contributed by atoms with Gasteiger partial charge in [-0.1, -0.05) is 59.8 Å². The highest BCUT2D eigenvalue weighted by Crippen LogP contribution is 2.47. The predicted molar refractivity (Wildman–Crippen MR) is 154 cm³/mol. The van der Waals surface area contributed by atoms with Crippen molar-refractivity contribution in [2.45, 2.75) is 36.3 Å². The number of alkyl halides is 1. The Bertz CT molecular complexity index is 1310. The zero-order valence-electron chi connectivity index (χ0n) is 21.3. The Morgan fingerprint density at radius 2 is 1.97 bits per heavy atom. The Labute approximate surface area is 236 Å². The van der Waals surface area contributed by atoms with Gasteiger partial charge in [0.2, 0.25) is 0 Å². The zero-order chi connectivity index (χ0) is 27.1. The van der Waals surface area contributed by atoms with Gasteiger partial charge in [0.1, 0.15) is 12.0 Å². The summed E-state index contributed by atoms with van der Waals surface area (Å²) in [7, 11) is 0. The first-order chi connectivity index (χ1) is 18.4. The van der Waals surface area contributed by atoms with Gasteiger partial charge >= 0.3 is 0 Å². The van der Waals surface area contributed by atoms with Crippen LogP contribution < -0.4 is 10.6 Å². The monoisotopic (exact) mass is 626 g/mol. The Morgan fingerprint density at radius 3 is 2.74 bits per heavy atom. The Kier molecular flexibility index (Phi) is 9.97. The summed E-state index contributed by atoms with van der Waals surface area (Å²) in [5, 5.41) is 26.3. The predicted octanol–water partition coefficient (Wildman–Crippen LogP) is 4.68. The van der Waals surface area contributed by atoms with E-state index in [2.05, 4.69) is 39.3 Å². The number of aliphatic hydroxyl groups excluding tert-OH is 1. The molecule has 1 saturated carbocycles. The van der Waals surface area contributed by atoms with Crippen LogP contribution in [0.15, 0.2) is 60.7 Å². The topological polar surface area (TPSA) is 98.0 Å². The molecule has 3 N–H and O–H groups in total. The third-order valence-electron chi connectivity index (χ3n) is 6.88. The largest absolute Gasteiger partial charge is 0.377 e. The molecule has 198 valence electrons. The van der Waals surface area contributed by atoms with E-state index in [1.54, 1.807) is 12.1 Å². The second-order valence-corrected chi connectivity index (χ2v) is 11.0. The molecule has 1 fully saturated rings. The summed E-state index contributed by atoms with van der Waals surface area (Å²) < 4.78 is 13.4. The molecular formula is C30H32FIN4O2. The summed E-state index contributed by atoms with van der Waals surface area (Å²) in [5.74, 6) is -0.200. The molecular weight excluding hydrogens is 594 g/mol. The number of ketones is 1. The molecule has 4 atom stereocenters. The van der Waals surface area contributed by atoms with Crippen LogP contribution in [0.25, 0.3) is 11.3 Å². The van der Waals surface area contributed by atoms with Crippen molar-refractivity contribution in [1.29, 1.82) is 5.26 Å². The van der Waals surface area contributed by atoms with E-state index in [0.717, 1.165) is 17.5 Å².